The van der Waals surface area contributed by atoms with E-state index in [1.807, 2.05) is 18.2 Å². The molecule has 35 heavy (non-hydrogen) atoms. The molecular formula is C32H18ClNO. The number of nitrogens with zero attached hydrogens (tertiary/aromatic N) is 1. The first-order valence-corrected chi connectivity index (χ1v) is 12.1. The maximum absolute atomic E-state index is 6.24. The third-order valence-corrected chi connectivity index (χ3v) is 7.46. The molecule has 0 saturated carbocycles. The topological polar surface area (TPSA) is 18.1 Å². The maximum atomic E-state index is 6.24. The number of fused-ring (bicyclic) bond motifs is 10. The van der Waals surface area contributed by atoms with Crippen LogP contribution in [0.3, 0.4) is 0 Å². The molecule has 0 N–H and O–H groups in total. The molecule has 0 saturated heterocycles. The van der Waals surface area contributed by atoms with Gasteiger partial charge in [0.1, 0.15) is 11.2 Å². The number of rotatable bonds is 1. The van der Waals surface area contributed by atoms with Crippen molar-refractivity contribution in [1.29, 1.82) is 0 Å². The number of halogens is 1. The molecular weight excluding hydrogens is 450 g/mol. The van der Waals surface area contributed by atoms with E-state index in [-0.39, 0.29) is 0 Å². The van der Waals surface area contributed by atoms with E-state index < -0.39 is 0 Å². The highest BCUT2D eigenvalue weighted by atomic mass is 35.5. The average Bonchev–Trinajstić information content (AvgIpc) is 3.43. The smallest absolute Gasteiger partial charge is 0.137 e. The van der Waals surface area contributed by atoms with Crippen molar-refractivity contribution in [2.45, 2.75) is 0 Å². The normalized spacial score (nSPS) is 12.1. The molecule has 6 aromatic carbocycles. The average molecular weight is 468 g/mol. The fourth-order valence-electron chi connectivity index (χ4n) is 5.70. The first kappa shape index (κ1) is 19.1. The number of aromatic nitrogens is 1. The van der Waals surface area contributed by atoms with E-state index in [9.17, 15) is 0 Å². The van der Waals surface area contributed by atoms with Gasteiger partial charge in [-0.25, -0.2) is 0 Å². The summed E-state index contributed by atoms with van der Waals surface area (Å²) < 4.78 is 8.60. The largest absolute Gasteiger partial charge is 0.456 e. The zero-order chi connectivity index (χ0) is 23.1. The van der Waals surface area contributed by atoms with Gasteiger partial charge >= 0.3 is 0 Å². The van der Waals surface area contributed by atoms with Gasteiger partial charge in [-0.1, -0.05) is 72.3 Å². The molecule has 164 valence electrons. The van der Waals surface area contributed by atoms with Crippen LogP contribution in [-0.2, 0) is 0 Å². The second kappa shape index (κ2) is 6.88. The van der Waals surface area contributed by atoms with E-state index >= 15 is 0 Å². The fourth-order valence-corrected chi connectivity index (χ4v) is 5.87. The predicted molar refractivity (Wildman–Crippen MR) is 148 cm³/mol. The Kier molecular flexibility index (Phi) is 3.75. The molecule has 0 radical (unpaired) electrons. The zero-order valence-corrected chi connectivity index (χ0v) is 19.4. The van der Waals surface area contributed by atoms with Gasteiger partial charge in [0.25, 0.3) is 0 Å². The van der Waals surface area contributed by atoms with Crippen molar-refractivity contribution in [3.8, 4) is 5.69 Å². The highest BCUT2D eigenvalue weighted by Crippen LogP contribution is 2.41. The van der Waals surface area contributed by atoms with E-state index in [2.05, 4.69) is 95.6 Å². The molecule has 0 bridgehead atoms. The summed E-state index contributed by atoms with van der Waals surface area (Å²) in [5.74, 6) is 0. The van der Waals surface area contributed by atoms with Gasteiger partial charge in [-0.2, -0.15) is 0 Å². The van der Waals surface area contributed by atoms with Crippen LogP contribution in [-0.4, -0.2) is 4.57 Å². The Bertz CT molecular complexity index is 2040. The molecule has 0 atom stereocenters. The molecule has 0 unspecified atom stereocenters. The van der Waals surface area contributed by atoms with E-state index in [1.165, 1.54) is 43.4 Å². The van der Waals surface area contributed by atoms with Crippen molar-refractivity contribution in [2.24, 2.45) is 0 Å². The summed E-state index contributed by atoms with van der Waals surface area (Å²) in [6, 6.07) is 38.6. The van der Waals surface area contributed by atoms with Crippen molar-refractivity contribution in [3.63, 3.8) is 0 Å². The molecule has 2 nitrogen and oxygen atoms in total. The minimum atomic E-state index is 0.679. The van der Waals surface area contributed by atoms with Crippen LogP contribution >= 0.6 is 11.6 Å². The standard InChI is InChI=1S/C32H18ClNO/c33-21-11-13-25-26-14-12-22(18-30(26)35-29(25)17-21)34-27-15-9-19-5-1-3-7-23(19)31(27)32-24-8-4-2-6-20(24)10-16-28(32)34/h1-18H. The molecule has 0 fully saturated rings. The monoisotopic (exact) mass is 467 g/mol. The molecule has 0 spiro atoms. The van der Waals surface area contributed by atoms with Gasteiger partial charge < -0.3 is 8.98 Å². The molecule has 0 aliphatic rings. The van der Waals surface area contributed by atoms with Crippen LogP contribution in [0.1, 0.15) is 0 Å². The van der Waals surface area contributed by atoms with Gasteiger partial charge in [0, 0.05) is 44.4 Å². The van der Waals surface area contributed by atoms with Crippen LogP contribution in [0.5, 0.6) is 0 Å². The van der Waals surface area contributed by atoms with Gasteiger partial charge in [0.15, 0.2) is 0 Å². The third kappa shape index (κ3) is 2.60. The summed E-state index contributed by atoms with van der Waals surface area (Å²) in [6.45, 7) is 0. The Morgan fingerprint density at radius 1 is 0.514 bits per heavy atom. The SMILES string of the molecule is Clc1ccc2c(c1)oc1cc(-n3c4ccc5ccccc5c4c4c5ccccc5ccc43)ccc12. The lowest BCUT2D eigenvalue weighted by Crippen LogP contribution is -1.93. The van der Waals surface area contributed by atoms with E-state index in [1.54, 1.807) is 0 Å². The summed E-state index contributed by atoms with van der Waals surface area (Å²) in [4.78, 5) is 0. The number of hydrogen-bond donors (Lipinski definition) is 0. The molecule has 2 aromatic heterocycles. The molecule has 0 aliphatic heterocycles. The Morgan fingerprint density at radius 2 is 1.09 bits per heavy atom. The Labute approximate surface area is 205 Å². The first-order chi connectivity index (χ1) is 17.3. The van der Waals surface area contributed by atoms with Crippen LogP contribution in [0.4, 0.5) is 0 Å². The zero-order valence-electron chi connectivity index (χ0n) is 18.6. The second-order valence-electron chi connectivity index (χ2n) is 9.12. The van der Waals surface area contributed by atoms with E-state index in [0.717, 1.165) is 27.6 Å². The number of furan rings is 1. The van der Waals surface area contributed by atoms with Crippen LogP contribution in [0.2, 0.25) is 5.02 Å². The Balaban J connectivity index is 1.55. The van der Waals surface area contributed by atoms with Gasteiger partial charge in [-0.05, 0) is 57.9 Å². The molecule has 3 heteroatoms. The highest BCUT2D eigenvalue weighted by molar-refractivity contribution is 6.31. The molecule has 2 heterocycles. The van der Waals surface area contributed by atoms with Crippen LogP contribution in [0, 0.1) is 0 Å². The van der Waals surface area contributed by atoms with Crippen molar-refractivity contribution in [2.75, 3.05) is 0 Å². The minimum Gasteiger partial charge on any atom is -0.456 e. The Hall–Kier alpha value is -4.27. The molecule has 8 aromatic rings. The predicted octanol–water partition coefficient (Wildman–Crippen LogP) is 9.64. The summed E-state index contributed by atoms with van der Waals surface area (Å²) in [5, 5.41) is 10.4. The maximum Gasteiger partial charge on any atom is 0.137 e. The van der Waals surface area contributed by atoms with Gasteiger partial charge in [0.05, 0.1) is 11.0 Å². The van der Waals surface area contributed by atoms with Crippen molar-refractivity contribution >= 4 is 76.9 Å². The lowest BCUT2D eigenvalue weighted by atomic mass is 10.00. The molecule has 0 aliphatic carbocycles. The number of hydrogen-bond acceptors (Lipinski definition) is 1. The Morgan fingerprint density at radius 3 is 1.74 bits per heavy atom. The lowest BCUT2D eigenvalue weighted by Gasteiger charge is -2.08. The van der Waals surface area contributed by atoms with E-state index in [0.29, 0.717) is 5.02 Å². The minimum absolute atomic E-state index is 0.679. The summed E-state index contributed by atoms with van der Waals surface area (Å²) in [7, 11) is 0. The van der Waals surface area contributed by atoms with Gasteiger partial charge in [0.2, 0.25) is 0 Å². The lowest BCUT2D eigenvalue weighted by molar-refractivity contribution is 0.668. The third-order valence-electron chi connectivity index (χ3n) is 7.22. The summed E-state index contributed by atoms with van der Waals surface area (Å²) in [6.07, 6.45) is 0. The van der Waals surface area contributed by atoms with Gasteiger partial charge in [-0.15, -0.1) is 0 Å². The first-order valence-electron chi connectivity index (χ1n) is 11.7. The molecule has 8 rings (SSSR count). The van der Waals surface area contributed by atoms with Crippen LogP contribution < -0.4 is 0 Å². The number of benzene rings is 6. The highest BCUT2D eigenvalue weighted by Gasteiger charge is 2.18. The second-order valence-corrected chi connectivity index (χ2v) is 9.56. The fraction of sp³-hybridized carbons (Fsp3) is 0. The summed E-state index contributed by atoms with van der Waals surface area (Å²) in [5.41, 5.74) is 5.12. The summed E-state index contributed by atoms with van der Waals surface area (Å²) >= 11 is 6.22. The van der Waals surface area contributed by atoms with Crippen molar-refractivity contribution in [1.82, 2.24) is 4.57 Å². The van der Waals surface area contributed by atoms with Crippen molar-refractivity contribution in [3.05, 3.63) is 114 Å². The van der Waals surface area contributed by atoms with Crippen LogP contribution in [0.25, 0.3) is 71.0 Å². The quantitative estimate of drug-likeness (QED) is 0.235. The van der Waals surface area contributed by atoms with E-state index in [4.69, 9.17) is 16.0 Å². The van der Waals surface area contributed by atoms with Crippen molar-refractivity contribution < 1.29 is 4.42 Å². The van der Waals surface area contributed by atoms with Crippen LogP contribution in [0.15, 0.2) is 114 Å². The van der Waals surface area contributed by atoms with Gasteiger partial charge in [-0.3, -0.25) is 0 Å². The molecule has 0 amide bonds.